The molecule has 0 saturated carbocycles. The molecule has 0 fully saturated rings. The molecule has 0 radical (unpaired) electrons. The average molecular weight is 219 g/mol. The van der Waals surface area contributed by atoms with Crippen LogP contribution in [0.1, 0.15) is 39.0 Å². The maximum absolute atomic E-state index is 5.09. The number of aliphatic imine (C=N–C) groups is 1. The highest BCUT2D eigenvalue weighted by molar-refractivity contribution is 5.63. The average Bonchev–Trinajstić information content (AvgIpc) is 2.34. The lowest BCUT2D eigenvalue weighted by atomic mass is 10.2. The fourth-order valence-electron chi connectivity index (χ4n) is 1.50. The Morgan fingerprint density at radius 2 is 1.88 bits per heavy atom. The van der Waals surface area contributed by atoms with Gasteiger partial charge in [-0.15, -0.1) is 0 Å². The van der Waals surface area contributed by atoms with Gasteiger partial charge in [-0.05, 0) is 37.1 Å². The van der Waals surface area contributed by atoms with E-state index in [9.17, 15) is 0 Å². The SMILES string of the molecule is CCCCCCC=Nc1ccc(OC)cc1. The molecule has 1 aromatic rings. The fraction of sp³-hybridized carbons (Fsp3) is 0.500. The molecule has 1 aromatic carbocycles. The first-order chi connectivity index (χ1) is 7.86. The van der Waals surface area contributed by atoms with Gasteiger partial charge in [0.15, 0.2) is 0 Å². The van der Waals surface area contributed by atoms with E-state index < -0.39 is 0 Å². The molecule has 0 bridgehead atoms. The Morgan fingerprint density at radius 3 is 2.50 bits per heavy atom. The van der Waals surface area contributed by atoms with Crippen LogP contribution in [0.4, 0.5) is 5.69 Å². The first kappa shape index (κ1) is 12.8. The van der Waals surface area contributed by atoms with Crippen molar-refractivity contribution in [3.63, 3.8) is 0 Å². The molecule has 0 aliphatic carbocycles. The van der Waals surface area contributed by atoms with E-state index in [0.717, 1.165) is 17.9 Å². The van der Waals surface area contributed by atoms with Crippen LogP contribution in [-0.4, -0.2) is 13.3 Å². The zero-order valence-corrected chi connectivity index (χ0v) is 10.3. The third-order valence-corrected chi connectivity index (χ3v) is 2.50. The largest absolute Gasteiger partial charge is 0.497 e. The summed E-state index contributed by atoms with van der Waals surface area (Å²) in [5, 5.41) is 0. The number of hydrogen-bond acceptors (Lipinski definition) is 2. The van der Waals surface area contributed by atoms with Gasteiger partial charge >= 0.3 is 0 Å². The van der Waals surface area contributed by atoms with E-state index >= 15 is 0 Å². The zero-order valence-electron chi connectivity index (χ0n) is 10.3. The molecular weight excluding hydrogens is 198 g/mol. The minimum atomic E-state index is 0.877. The van der Waals surface area contributed by atoms with E-state index in [4.69, 9.17) is 4.74 Å². The second-order valence-electron chi connectivity index (χ2n) is 3.86. The summed E-state index contributed by atoms with van der Waals surface area (Å²) in [6.45, 7) is 2.23. The molecular formula is C14H21NO. The second-order valence-corrected chi connectivity index (χ2v) is 3.86. The molecule has 1 rings (SSSR count). The first-order valence-electron chi connectivity index (χ1n) is 6.03. The molecule has 0 N–H and O–H groups in total. The van der Waals surface area contributed by atoms with Crippen LogP contribution in [0.5, 0.6) is 5.75 Å². The third kappa shape index (κ3) is 4.96. The summed E-state index contributed by atoms with van der Waals surface area (Å²) < 4.78 is 5.09. The molecule has 2 nitrogen and oxygen atoms in total. The van der Waals surface area contributed by atoms with E-state index in [1.807, 2.05) is 30.5 Å². The smallest absolute Gasteiger partial charge is 0.119 e. The van der Waals surface area contributed by atoms with Gasteiger partial charge < -0.3 is 4.74 Å². The van der Waals surface area contributed by atoms with E-state index in [1.165, 1.54) is 25.7 Å². The van der Waals surface area contributed by atoms with Gasteiger partial charge in [-0.25, -0.2) is 0 Å². The molecule has 16 heavy (non-hydrogen) atoms. The highest BCUT2D eigenvalue weighted by Gasteiger charge is 1.90. The van der Waals surface area contributed by atoms with E-state index in [-0.39, 0.29) is 0 Å². The molecule has 0 unspecified atom stereocenters. The summed E-state index contributed by atoms with van der Waals surface area (Å²) in [6.07, 6.45) is 8.26. The van der Waals surface area contributed by atoms with Gasteiger partial charge in [0.05, 0.1) is 12.8 Å². The summed E-state index contributed by atoms with van der Waals surface area (Å²) in [5.74, 6) is 0.877. The minimum Gasteiger partial charge on any atom is -0.497 e. The molecule has 0 aromatic heterocycles. The monoisotopic (exact) mass is 219 g/mol. The van der Waals surface area contributed by atoms with Gasteiger partial charge in [0.1, 0.15) is 5.75 Å². The van der Waals surface area contributed by atoms with Crippen LogP contribution in [-0.2, 0) is 0 Å². The summed E-state index contributed by atoms with van der Waals surface area (Å²) >= 11 is 0. The number of ether oxygens (including phenoxy) is 1. The summed E-state index contributed by atoms with van der Waals surface area (Å²) in [6, 6.07) is 7.82. The maximum atomic E-state index is 5.09. The summed E-state index contributed by atoms with van der Waals surface area (Å²) in [7, 11) is 1.67. The zero-order chi connectivity index (χ0) is 11.6. The van der Waals surface area contributed by atoms with Gasteiger partial charge in [0, 0.05) is 6.21 Å². The van der Waals surface area contributed by atoms with Crippen molar-refractivity contribution in [1.82, 2.24) is 0 Å². The lowest BCUT2D eigenvalue weighted by molar-refractivity contribution is 0.415. The van der Waals surface area contributed by atoms with Gasteiger partial charge in [-0.1, -0.05) is 26.2 Å². The maximum Gasteiger partial charge on any atom is 0.119 e. The van der Waals surface area contributed by atoms with Crippen molar-refractivity contribution in [2.45, 2.75) is 39.0 Å². The highest BCUT2D eigenvalue weighted by Crippen LogP contribution is 2.17. The van der Waals surface area contributed by atoms with Crippen LogP contribution < -0.4 is 4.74 Å². The van der Waals surface area contributed by atoms with Crippen molar-refractivity contribution in [2.24, 2.45) is 4.99 Å². The molecule has 2 heteroatoms. The molecule has 0 aliphatic heterocycles. The summed E-state index contributed by atoms with van der Waals surface area (Å²) in [4.78, 5) is 4.40. The first-order valence-corrected chi connectivity index (χ1v) is 6.03. The lowest BCUT2D eigenvalue weighted by Crippen LogP contribution is -1.81. The van der Waals surface area contributed by atoms with Gasteiger partial charge in [-0.2, -0.15) is 0 Å². The molecule has 0 saturated heterocycles. The number of methoxy groups -OCH3 is 1. The molecule has 0 aliphatic rings. The van der Waals surface area contributed by atoms with Gasteiger partial charge in [-0.3, -0.25) is 4.99 Å². The Bertz CT molecular complexity index is 303. The molecule has 88 valence electrons. The van der Waals surface area contributed by atoms with Crippen LogP contribution in [0.2, 0.25) is 0 Å². The minimum absolute atomic E-state index is 0.877. The Labute approximate surface area is 98.4 Å². The predicted octanol–water partition coefficient (Wildman–Crippen LogP) is 4.37. The molecule has 0 spiro atoms. The number of unbranched alkanes of at least 4 members (excludes halogenated alkanes) is 4. The van der Waals surface area contributed by atoms with E-state index in [0.29, 0.717) is 0 Å². The van der Waals surface area contributed by atoms with Gasteiger partial charge in [0.25, 0.3) is 0 Å². The highest BCUT2D eigenvalue weighted by atomic mass is 16.5. The van der Waals surface area contributed by atoms with Crippen molar-refractivity contribution >= 4 is 11.9 Å². The van der Waals surface area contributed by atoms with Crippen LogP contribution in [0.25, 0.3) is 0 Å². The normalized spacial score (nSPS) is 10.9. The van der Waals surface area contributed by atoms with Crippen molar-refractivity contribution in [3.05, 3.63) is 24.3 Å². The molecule has 0 atom stereocenters. The van der Waals surface area contributed by atoms with Crippen LogP contribution in [0, 0.1) is 0 Å². The Morgan fingerprint density at radius 1 is 1.12 bits per heavy atom. The number of nitrogens with zero attached hydrogens (tertiary/aromatic N) is 1. The number of rotatable bonds is 7. The quantitative estimate of drug-likeness (QED) is 0.493. The van der Waals surface area contributed by atoms with E-state index in [2.05, 4.69) is 11.9 Å². The van der Waals surface area contributed by atoms with Crippen molar-refractivity contribution in [1.29, 1.82) is 0 Å². The number of hydrogen-bond donors (Lipinski definition) is 0. The topological polar surface area (TPSA) is 21.6 Å². The molecule has 0 heterocycles. The number of benzene rings is 1. The standard InChI is InChI=1S/C14H21NO/c1-3-4-5-6-7-12-15-13-8-10-14(16-2)11-9-13/h8-12H,3-7H2,1-2H3. The van der Waals surface area contributed by atoms with Crippen molar-refractivity contribution < 1.29 is 4.74 Å². The fourth-order valence-corrected chi connectivity index (χ4v) is 1.50. The second kappa shape index (κ2) is 7.91. The Hall–Kier alpha value is -1.31. The van der Waals surface area contributed by atoms with Gasteiger partial charge in [0.2, 0.25) is 0 Å². The predicted molar refractivity (Wildman–Crippen MR) is 69.9 cm³/mol. The van der Waals surface area contributed by atoms with Crippen molar-refractivity contribution in [3.8, 4) is 5.75 Å². The van der Waals surface area contributed by atoms with Crippen molar-refractivity contribution in [2.75, 3.05) is 7.11 Å². The van der Waals surface area contributed by atoms with E-state index in [1.54, 1.807) is 7.11 Å². The van der Waals surface area contributed by atoms with Crippen LogP contribution >= 0.6 is 0 Å². The summed E-state index contributed by atoms with van der Waals surface area (Å²) in [5.41, 5.74) is 0.997. The Kier molecular flexibility index (Phi) is 6.31. The molecule has 0 amide bonds. The van der Waals surface area contributed by atoms with Crippen LogP contribution in [0.15, 0.2) is 29.3 Å². The lowest BCUT2D eigenvalue weighted by Gasteiger charge is -1.98. The Balaban J connectivity index is 2.27. The van der Waals surface area contributed by atoms with Crippen LogP contribution in [0.3, 0.4) is 0 Å². The third-order valence-electron chi connectivity index (χ3n) is 2.50.